The molecular formula is C27H32F4N4O. The third kappa shape index (κ3) is 4.83. The molecule has 9 heteroatoms. The Bertz CT molecular complexity index is 1210. The molecule has 0 radical (unpaired) electrons. The van der Waals surface area contributed by atoms with Gasteiger partial charge in [0.05, 0.1) is 12.7 Å². The van der Waals surface area contributed by atoms with E-state index < -0.39 is 23.3 Å². The fourth-order valence-corrected chi connectivity index (χ4v) is 5.52. The van der Waals surface area contributed by atoms with E-state index in [0.717, 1.165) is 10.9 Å². The number of pyridine rings is 1. The van der Waals surface area contributed by atoms with Gasteiger partial charge in [-0.15, -0.1) is 0 Å². The number of hydrogen-bond acceptors (Lipinski definition) is 4. The summed E-state index contributed by atoms with van der Waals surface area (Å²) in [6, 6.07) is 5.19. The standard InChI is InChI=1S/C27H32F4N4O/c1-16-10-20-19-6-4-8-32-26(19)33-24(20)25(35(16)15-27(2,3)31)23-21(29)11-17(12-22(23)30)36-18-13-34(14-18)9-5-7-28/h4,6,8,11-12,16,18,25H,5,7,9-10,13-15H2,1-3H3,(H,32,33)/t16-,25-/m1/s1. The van der Waals surface area contributed by atoms with Gasteiger partial charge in [0.2, 0.25) is 0 Å². The number of ether oxygens (including phenoxy) is 1. The van der Waals surface area contributed by atoms with E-state index in [1.54, 1.807) is 6.20 Å². The topological polar surface area (TPSA) is 44.4 Å². The van der Waals surface area contributed by atoms with Gasteiger partial charge in [0, 0.05) is 67.2 Å². The summed E-state index contributed by atoms with van der Waals surface area (Å²) in [4.78, 5) is 11.5. The average Bonchev–Trinajstić information content (AvgIpc) is 3.14. The number of nitrogens with one attached hydrogen (secondary N) is 1. The Kier molecular flexibility index (Phi) is 6.72. The molecule has 5 nitrogen and oxygen atoms in total. The molecule has 36 heavy (non-hydrogen) atoms. The van der Waals surface area contributed by atoms with Crippen LogP contribution in [0, 0.1) is 11.6 Å². The van der Waals surface area contributed by atoms with E-state index in [1.165, 1.54) is 26.0 Å². The maximum absolute atomic E-state index is 15.7. The van der Waals surface area contributed by atoms with Crippen LogP contribution >= 0.6 is 0 Å². The minimum Gasteiger partial charge on any atom is -0.488 e. The Balaban J connectivity index is 1.50. The average molecular weight is 505 g/mol. The van der Waals surface area contributed by atoms with Gasteiger partial charge in [-0.3, -0.25) is 14.2 Å². The quantitative estimate of drug-likeness (QED) is 0.420. The molecule has 3 aromatic rings. The van der Waals surface area contributed by atoms with E-state index in [9.17, 15) is 8.78 Å². The van der Waals surface area contributed by atoms with Gasteiger partial charge in [0.25, 0.3) is 0 Å². The summed E-state index contributed by atoms with van der Waals surface area (Å²) in [7, 11) is 0. The van der Waals surface area contributed by atoms with Crippen LogP contribution in [0.15, 0.2) is 30.5 Å². The first-order valence-corrected chi connectivity index (χ1v) is 12.5. The van der Waals surface area contributed by atoms with Crippen LogP contribution in [0.5, 0.6) is 5.75 Å². The maximum atomic E-state index is 15.7. The van der Waals surface area contributed by atoms with Crippen LogP contribution in [0.1, 0.15) is 50.1 Å². The lowest BCUT2D eigenvalue weighted by Crippen LogP contribution is -2.53. The predicted octanol–water partition coefficient (Wildman–Crippen LogP) is 5.35. The third-order valence-corrected chi connectivity index (χ3v) is 7.10. The lowest BCUT2D eigenvalue weighted by atomic mass is 9.87. The molecular weight excluding hydrogens is 472 g/mol. The Labute approximate surface area is 208 Å². The number of nitrogens with zero attached hydrogens (tertiary/aromatic N) is 3. The van der Waals surface area contributed by atoms with E-state index in [-0.39, 0.29) is 36.7 Å². The van der Waals surface area contributed by atoms with Crippen LogP contribution in [-0.4, -0.2) is 70.4 Å². The maximum Gasteiger partial charge on any atom is 0.137 e. The Morgan fingerprint density at radius 1 is 1.19 bits per heavy atom. The molecule has 4 heterocycles. The fraction of sp³-hybridized carbons (Fsp3) is 0.519. The Morgan fingerprint density at radius 3 is 2.58 bits per heavy atom. The number of rotatable bonds is 8. The van der Waals surface area contributed by atoms with Crippen LogP contribution in [0.3, 0.4) is 0 Å². The summed E-state index contributed by atoms with van der Waals surface area (Å²) < 4.78 is 64.4. The summed E-state index contributed by atoms with van der Waals surface area (Å²) in [6.07, 6.45) is 2.54. The number of aromatic nitrogens is 2. The Hall–Kier alpha value is -2.65. The Morgan fingerprint density at radius 2 is 1.92 bits per heavy atom. The zero-order valence-corrected chi connectivity index (χ0v) is 20.8. The number of H-pyrrole nitrogens is 1. The summed E-state index contributed by atoms with van der Waals surface area (Å²) in [5.41, 5.74) is 0.529. The molecule has 0 bridgehead atoms. The van der Waals surface area contributed by atoms with Crippen molar-refractivity contribution in [3.63, 3.8) is 0 Å². The molecule has 0 spiro atoms. The minimum atomic E-state index is -1.57. The van der Waals surface area contributed by atoms with Crippen LogP contribution in [0.4, 0.5) is 17.6 Å². The van der Waals surface area contributed by atoms with Crippen molar-refractivity contribution in [2.24, 2.45) is 0 Å². The third-order valence-electron chi connectivity index (χ3n) is 7.10. The SMILES string of the molecule is C[C@@H]1Cc2c([nH]c3ncccc23)[C@@H](c2c(F)cc(OC3CN(CCCF)C3)cc2F)N1CC(C)(C)F. The van der Waals surface area contributed by atoms with Crippen molar-refractivity contribution in [2.75, 3.05) is 32.9 Å². The van der Waals surface area contributed by atoms with E-state index in [1.807, 2.05) is 28.9 Å². The first-order valence-electron chi connectivity index (χ1n) is 12.5. The molecule has 1 N–H and O–H groups in total. The van der Waals surface area contributed by atoms with E-state index in [2.05, 4.69) is 9.97 Å². The highest BCUT2D eigenvalue weighted by molar-refractivity contribution is 5.82. The summed E-state index contributed by atoms with van der Waals surface area (Å²) in [5, 5.41) is 0.909. The van der Waals surface area contributed by atoms with Crippen LogP contribution in [0.2, 0.25) is 0 Å². The molecule has 0 unspecified atom stereocenters. The van der Waals surface area contributed by atoms with Crippen molar-refractivity contribution in [3.05, 3.63) is 58.9 Å². The highest BCUT2D eigenvalue weighted by Gasteiger charge is 2.41. The summed E-state index contributed by atoms with van der Waals surface area (Å²) in [6.45, 7) is 6.36. The molecule has 2 atom stereocenters. The van der Waals surface area contributed by atoms with Gasteiger partial charge in [-0.2, -0.15) is 0 Å². The number of likely N-dealkylation sites (tertiary alicyclic amines) is 1. The predicted molar refractivity (Wildman–Crippen MR) is 131 cm³/mol. The monoisotopic (exact) mass is 504 g/mol. The molecule has 2 aliphatic heterocycles. The van der Waals surface area contributed by atoms with Gasteiger partial charge in [-0.05, 0) is 51.3 Å². The minimum absolute atomic E-state index is 0.00892. The highest BCUT2D eigenvalue weighted by atomic mass is 19.1. The molecule has 1 saturated heterocycles. The molecule has 5 rings (SSSR count). The van der Waals surface area contributed by atoms with Crippen LogP contribution in [0.25, 0.3) is 11.0 Å². The number of hydrogen-bond donors (Lipinski definition) is 1. The highest BCUT2D eigenvalue weighted by Crippen LogP contribution is 2.43. The van der Waals surface area contributed by atoms with Crippen LogP contribution in [-0.2, 0) is 6.42 Å². The van der Waals surface area contributed by atoms with Crippen molar-refractivity contribution >= 4 is 11.0 Å². The van der Waals surface area contributed by atoms with Crippen LogP contribution < -0.4 is 4.74 Å². The van der Waals surface area contributed by atoms with Gasteiger partial charge in [0.15, 0.2) is 0 Å². The second-order valence-electron chi connectivity index (χ2n) is 10.6. The van der Waals surface area contributed by atoms with Gasteiger partial charge in [-0.1, -0.05) is 0 Å². The second kappa shape index (κ2) is 9.67. The lowest BCUT2D eigenvalue weighted by molar-refractivity contribution is 0.0179. The molecule has 194 valence electrons. The van der Waals surface area contributed by atoms with Gasteiger partial charge < -0.3 is 9.72 Å². The van der Waals surface area contributed by atoms with Crippen molar-refractivity contribution in [1.29, 1.82) is 0 Å². The van der Waals surface area contributed by atoms with Crippen molar-refractivity contribution < 1.29 is 22.3 Å². The van der Waals surface area contributed by atoms with Gasteiger partial charge >= 0.3 is 0 Å². The number of benzene rings is 1. The smallest absolute Gasteiger partial charge is 0.137 e. The molecule has 0 amide bonds. The summed E-state index contributed by atoms with van der Waals surface area (Å²) >= 11 is 0. The molecule has 0 saturated carbocycles. The molecule has 1 fully saturated rings. The molecule has 2 aromatic heterocycles. The van der Waals surface area contributed by atoms with Gasteiger partial charge in [0.1, 0.15) is 34.8 Å². The molecule has 0 aliphatic carbocycles. The van der Waals surface area contributed by atoms with E-state index in [4.69, 9.17) is 4.74 Å². The molecule has 1 aromatic carbocycles. The van der Waals surface area contributed by atoms with Gasteiger partial charge in [-0.25, -0.2) is 18.2 Å². The van der Waals surface area contributed by atoms with E-state index >= 15 is 8.78 Å². The number of fused-ring (bicyclic) bond motifs is 3. The largest absolute Gasteiger partial charge is 0.488 e. The number of aromatic amines is 1. The first-order chi connectivity index (χ1) is 17.1. The van der Waals surface area contributed by atoms with Crippen molar-refractivity contribution in [3.8, 4) is 5.75 Å². The normalized spacial score (nSPS) is 21.5. The number of halogens is 4. The molecule has 2 aliphatic rings. The zero-order chi connectivity index (χ0) is 25.6. The second-order valence-corrected chi connectivity index (χ2v) is 10.6. The van der Waals surface area contributed by atoms with Crippen molar-refractivity contribution in [1.82, 2.24) is 19.8 Å². The fourth-order valence-electron chi connectivity index (χ4n) is 5.52. The van der Waals surface area contributed by atoms with Crippen molar-refractivity contribution in [2.45, 2.75) is 57.5 Å². The lowest BCUT2D eigenvalue weighted by Gasteiger charge is -2.43. The zero-order valence-electron chi connectivity index (χ0n) is 20.8. The first kappa shape index (κ1) is 25.0. The van der Waals surface area contributed by atoms with E-state index in [0.29, 0.717) is 43.8 Å². The number of alkyl halides is 2. The summed E-state index contributed by atoms with van der Waals surface area (Å²) in [5.74, 6) is -1.36.